The fourth-order valence-electron chi connectivity index (χ4n) is 4.04. The number of nitrogens with one attached hydrogen (secondary N) is 1. The average molecular weight is 450 g/mol. The Bertz CT molecular complexity index is 1150. The summed E-state index contributed by atoms with van der Waals surface area (Å²) in [5.74, 6) is -4.15. The first kappa shape index (κ1) is 21.7. The molecule has 2 aliphatic heterocycles. The van der Waals surface area contributed by atoms with Crippen molar-refractivity contribution in [3.8, 4) is 5.75 Å². The van der Waals surface area contributed by atoms with Crippen LogP contribution in [-0.4, -0.2) is 51.9 Å². The van der Waals surface area contributed by atoms with Crippen molar-refractivity contribution in [2.45, 2.75) is 38.4 Å². The molecule has 8 nitrogen and oxygen atoms in total. The molecule has 1 aromatic heterocycles. The minimum atomic E-state index is -1.08. The molecule has 2 aromatic rings. The molecule has 2 bridgehead atoms. The van der Waals surface area contributed by atoms with Gasteiger partial charge in [-0.1, -0.05) is 6.07 Å². The minimum Gasteiger partial charge on any atom is -0.502 e. The zero-order valence-corrected chi connectivity index (χ0v) is 17.1. The topological polar surface area (TPSA) is 94.9 Å². The molecule has 1 saturated heterocycles. The quantitative estimate of drug-likeness (QED) is 0.739. The highest BCUT2D eigenvalue weighted by Gasteiger charge is 2.41. The molecule has 0 aliphatic carbocycles. The van der Waals surface area contributed by atoms with Gasteiger partial charge in [-0.3, -0.25) is 24.1 Å². The first-order valence-electron chi connectivity index (χ1n) is 10.1. The minimum absolute atomic E-state index is 0.00579. The van der Waals surface area contributed by atoms with E-state index < -0.39 is 52.9 Å². The number of hydrogen-bond donors (Lipinski definition) is 2. The van der Waals surface area contributed by atoms with E-state index in [-0.39, 0.29) is 30.5 Å². The van der Waals surface area contributed by atoms with E-state index in [1.807, 2.05) is 6.92 Å². The van der Waals surface area contributed by atoms with Gasteiger partial charge in [-0.15, -0.1) is 0 Å². The number of aromatic hydroxyl groups is 1. The molecule has 2 N–H and O–H groups in total. The van der Waals surface area contributed by atoms with Gasteiger partial charge >= 0.3 is 0 Å². The third-order valence-corrected chi connectivity index (χ3v) is 5.95. The lowest BCUT2D eigenvalue weighted by molar-refractivity contribution is 0.0581. The van der Waals surface area contributed by atoms with Crippen LogP contribution >= 0.6 is 0 Å². The van der Waals surface area contributed by atoms with Crippen molar-refractivity contribution in [3.05, 3.63) is 63.1 Å². The molecule has 4 rings (SSSR count). The fraction of sp³-hybridized carbons (Fsp3) is 0.381. The maximum Gasteiger partial charge on any atom is 0.278 e. The molecule has 0 spiro atoms. The lowest BCUT2D eigenvalue weighted by Crippen LogP contribution is -2.58. The number of fused-ring (bicyclic) bond motifs is 4. The van der Waals surface area contributed by atoms with Crippen molar-refractivity contribution in [2.75, 3.05) is 18.4 Å². The summed E-state index contributed by atoms with van der Waals surface area (Å²) in [6, 6.07) is 2.02. The van der Waals surface area contributed by atoms with Crippen molar-refractivity contribution in [3.63, 3.8) is 0 Å². The van der Waals surface area contributed by atoms with E-state index in [4.69, 9.17) is 0 Å². The van der Waals surface area contributed by atoms with E-state index in [0.29, 0.717) is 18.9 Å². The number of carbonyl (C=O) groups excluding carboxylic acids is 2. The van der Waals surface area contributed by atoms with Crippen molar-refractivity contribution >= 4 is 11.8 Å². The van der Waals surface area contributed by atoms with E-state index in [0.717, 1.165) is 18.3 Å². The van der Waals surface area contributed by atoms with Crippen molar-refractivity contribution in [1.29, 1.82) is 0 Å². The predicted molar refractivity (Wildman–Crippen MR) is 108 cm³/mol. The summed E-state index contributed by atoms with van der Waals surface area (Å²) < 4.78 is 41.6. The summed E-state index contributed by atoms with van der Waals surface area (Å²) in [6.45, 7) is 0.811. The zero-order valence-electron chi connectivity index (χ0n) is 17.1. The number of alkyl halides is 1. The summed E-state index contributed by atoms with van der Waals surface area (Å²) >= 11 is 0. The molecular weight excluding hydrogens is 429 g/mol. The van der Waals surface area contributed by atoms with Gasteiger partial charge in [-0.25, -0.2) is 13.2 Å². The summed E-state index contributed by atoms with van der Waals surface area (Å²) in [6.07, 6.45) is 2.11. The first-order valence-corrected chi connectivity index (χ1v) is 10.1. The number of carbonyl (C=O) groups is 2. The molecule has 1 fully saturated rings. The first-order chi connectivity index (χ1) is 15.2. The van der Waals surface area contributed by atoms with Gasteiger partial charge < -0.3 is 15.3 Å². The van der Waals surface area contributed by atoms with Gasteiger partial charge in [-0.05, 0) is 25.8 Å². The molecule has 2 amide bonds. The highest BCUT2D eigenvalue weighted by atomic mass is 19.1. The Kier molecular flexibility index (Phi) is 5.57. The maximum absolute atomic E-state index is 13.8. The molecule has 2 unspecified atom stereocenters. The second-order valence-electron chi connectivity index (χ2n) is 7.92. The molecule has 3 heterocycles. The van der Waals surface area contributed by atoms with Crippen LogP contribution in [0.2, 0.25) is 0 Å². The Labute approximate surface area is 180 Å². The molecule has 2 atom stereocenters. The third-order valence-electron chi connectivity index (χ3n) is 5.95. The van der Waals surface area contributed by atoms with Gasteiger partial charge in [0.2, 0.25) is 5.43 Å². The Morgan fingerprint density at radius 2 is 2.00 bits per heavy atom. The maximum atomic E-state index is 13.8. The van der Waals surface area contributed by atoms with Crippen LogP contribution in [0.25, 0.3) is 0 Å². The number of nitrogens with zero attached hydrogens (tertiary/aromatic N) is 3. The van der Waals surface area contributed by atoms with Gasteiger partial charge in [0.1, 0.15) is 30.5 Å². The van der Waals surface area contributed by atoms with Crippen LogP contribution in [0, 0.1) is 11.6 Å². The number of hydrogen-bond acceptors (Lipinski definition) is 5. The van der Waals surface area contributed by atoms with E-state index in [2.05, 4.69) is 5.32 Å². The van der Waals surface area contributed by atoms with E-state index in [1.54, 1.807) is 5.01 Å². The van der Waals surface area contributed by atoms with Gasteiger partial charge in [0.15, 0.2) is 11.4 Å². The number of rotatable bonds is 4. The van der Waals surface area contributed by atoms with Gasteiger partial charge in [-0.2, -0.15) is 0 Å². The Morgan fingerprint density at radius 1 is 1.25 bits per heavy atom. The van der Waals surface area contributed by atoms with Crippen LogP contribution in [0.5, 0.6) is 5.75 Å². The average Bonchev–Trinajstić information content (AvgIpc) is 2.90. The van der Waals surface area contributed by atoms with E-state index in [9.17, 15) is 32.7 Å². The van der Waals surface area contributed by atoms with Crippen LogP contribution in [0.4, 0.5) is 13.2 Å². The summed E-state index contributed by atoms with van der Waals surface area (Å²) in [5, 5.41) is 14.5. The number of benzene rings is 1. The Balaban J connectivity index is 1.69. The van der Waals surface area contributed by atoms with Gasteiger partial charge in [0.05, 0.1) is 6.04 Å². The smallest absolute Gasteiger partial charge is 0.278 e. The van der Waals surface area contributed by atoms with Crippen LogP contribution in [-0.2, 0) is 6.54 Å². The molecule has 1 aromatic carbocycles. The molecule has 11 heteroatoms. The van der Waals surface area contributed by atoms with Crippen LogP contribution in [0.3, 0.4) is 0 Å². The summed E-state index contributed by atoms with van der Waals surface area (Å²) in [7, 11) is 0. The van der Waals surface area contributed by atoms with E-state index in [1.165, 1.54) is 9.58 Å². The van der Waals surface area contributed by atoms with Crippen molar-refractivity contribution in [1.82, 2.24) is 14.9 Å². The van der Waals surface area contributed by atoms with Gasteiger partial charge in [0, 0.05) is 30.4 Å². The standard InChI is InChI=1S/C21H21F3N4O4/c1-11-2-5-14(7-22)26-10-28(11)27-9-15(18(29)19(30)17(27)21(26)32)20(31)25-8-12-3-4-13(23)6-16(12)24/h3-4,6,9,11,14,30H,2,5,7-8,10H2,1H3,(H,25,31). The molecular formula is C21H21F3N4O4. The predicted octanol–water partition coefficient (Wildman–Crippen LogP) is 1.63. The van der Waals surface area contributed by atoms with Crippen LogP contribution in [0.15, 0.2) is 29.2 Å². The van der Waals surface area contributed by atoms with Crippen LogP contribution < -0.4 is 15.8 Å². The highest BCUT2D eigenvalue weighted by molar-refractivity contribution is 5.99. The molecule has 0 saturated carbocycles. The monoisotopic (exact) mass is 450 g/mol. The summed E-state index contributed by atoms with van der Waals surface area (Å²) in [4.78, 5) is 39.5. The zero-order chi connectivity index (χ0) is 23.2. The number of amides is 2. The highest BCUT2D eigenvalue weighted by Crippen LogP contribution is 2.29. The Hall–Kier alpha value is -3.50. The number of aromatic nitrogens is 1. The van der Waals surface area contributed by atoms with Crippen LogP contribution in [0.1, 0.15) is 46.2 Å². The number of halogens is 3. The molecule has 2 aliphatic rings. The fourth-order valence-corrected chi connectivity index (χ4v) is 4.04. The van der Waals surface area contributed by atoms with Gasteiger partial charge in [0.25, 0.3) is 11.8 Å². The number of pyridine rings is 1. The molecule has 32 heavy (non-hydrogen) atoms. The SMILES string of the molecule is CC1CCC(CF)N2CN1n1cc(C(=O)NCc3ccc(F)cc3F)c(=O)c(O)c1C2=O. The molecule has 0 radical (unpaired) electrons. The van der Waals surface area contributed by atoms with E-state index >= 15 is 0 Å². The Morgan fingerprint density at radius 3 is 2.69 bits per heavy atom. The lowest BCUT2D eigenvalue weighted by atomic mass is 10.1. The van der Waals surface area contributed by atoms with Crippen molar-refractivity contribution in [2.24, 2.45) is 0 Å². The van der Waals surface area contributed by atoms with Crippen molar-refractivity contribution < 1.29 is 27.9 Å². The largest absolute Gasteiger partial charge is 0.502 e. The molecule has 170 valence electrons. The normalized spacial score (nSPS) is 20.1. The second-order valence-corrected chi connectivity index (χ2v) is 7.92. The summed E-state index contributed by atoms with van der Waals surface area (Å²) in [5.41, 5.74) is -1.86. The second kappa shape index (κ2) is 8.21. The third kappa shape index (κ3) is 3.57. The lowest BCUT2D eigenvalue weighted by Gasteiger charge is -2.41.